The van der Waals surface area contributed by atoms with Crippen molar-refractivity contribution in [2.75, 3.05) is 11.1 Å². The fourth-order valence-corrected chi connectivity index (χ4v) is 4.14. The molecule has 4 aromatic rings. The van der Waals surface area contributed by atoms with Gasteiger partial charge in [0.15, 0.2) is 9.84 Å². The van der Waals surface area contributed by atoms with Gasteiger partial charge in [0, 0.05) is 24.2 Å². The van der Waals surface area contributed by atoms with Crippen LogP contribution >= 0.6 is 0 Å². The number of phenolic OH excluding ortho intramolecular Hbond substituents is 1. The number of para-hydroxylation sites is 1. The van der Waals surface area contributed by atoms with Crippen molar-refractivity contribution >= 4 is 32.3 Å². The van der Waals surface area contributed by atoms with Crippen LogP contribution in [0.4, 0.5) is 5.69 Å². The highest BCUT2D eigenvalue weighted by molar-refractivity contribution is 7.91. The molecule has 2 aromatic heterocycles. The maximum absolute atomic E-state index is 13.2. The molecule has 8 nitrogen and oxygen atoms in total. The van der Waals surface area contributed by atoms with Crippen LogP contribution < -0.4 is 5.32 Å². The van der Waals surface area contributed by atoms with Crippen molar-refractivity contribution in [1.29, 1.82) is 0 Å². The van der Waals surface area contributed by atoms with Crippen molar-refractivity contribution in [2.45, 2.75) is 11.8 Å². The first-order valence-corrected chi connectivity index (χ1v) is 11.2. The van der Waals surface area contributed by atoms with E-state index in [0.29, 0.717) is 22.2 Å². The van der Waals surface area contributed by atoms with Gasteiger partial charge in [0.1, 0.15) is 5.75 Å². The molecule has 2 heterocycles. The average Bonchev–Trinajstić information content (AvgIpc) is 3.20. The number of carbonyl (C=O) groups excluding carboxylic acids is 1. The van der Waals surface area contributed by atoms with E-state index in [0.717, 1.165) is 5.56 Å². The number of aromatic hydroxyl groups is 1. The van der Waals surface area contributed by atoms with Crippen molar-refractivity contribution in [3.05, 3.63) is 66.5 Å². The number of benzene rings is 2. The SMILES string of the molecule is CCS(=O)(=O)c1ccc(O)c(NC(=O)c2cc(-c3cnn(C)c3)nc3ccccc23)c1. The number of nitrogens with one attached hydrogen (secondary N) is 1. The fraction of sp³-hybridized carbons (Fsp3) is 0.136. The normalized spacial score (nSPS) is 11.5. The molecule has 0 saturated heterocycles. The molecule has 0 atom stereocenters. The standard InChI is InChI=1S/C22H20N4O4S/c1-3-31(29,30)15-8-9-21(27)20(10-15)25-22(28)17-11-19(14-12-23-26(2)13-14)24-18-7-5-4-6-16(17)18/h4-13,27H,3H2,1-2H3,(H,25,28). The molecule has 0 aliphatic heterocycles. The average molecular weight is 436 g/mol. The van der Waals surface area contributed by atoms with Crippen LogP contribution in [0.2, 0.25) is 0 Å². The van der Waals surface area contributed by atoms with E-state index in [2.05, 4.69) is 15.4 Å². The molecule has 0 spiro atoms. The topological polar surface area (TPSA) is 114 Å². The Labute approximate surface area is 179 Å². The molecule has 0 aliphatic rings. The van der Waals surface area contributed by atoms with Crippen molar-refractivity contribution in [2.24, 2.45) is 7.05 Å². The van der Waals surface area contributed by atoms with E-state index in [-0.39, 0.29) is 22.1 Å². The minimum atomic E-state index is -3.49. The Morgan fingerprint density at radius 1 is 1.16 bits per heavy atom. The second-order valence-electron chi connectivity index (χ2n) is 7.01. The molecule has 2 N–H and O–H groups in total. The summed E-state index contributed by atoms with van der Waals surface area (Å²) in [4.78, 5) is 17.8. The summed E-state index contributed by atoms with van der Waals surface area (Å²) in [5, 5.41) is 17.6. The third kappa shape index (κ3) is 3.99. The quantitative estimate of drug-likeness (QED) is 0.464. The van der Waals surface area contributed by atoms with Gasteiger partial charge in [-0.25, -0.2) is 13.4 Å². The minimum absolute atomic E-state index is 0.0170. The number of hydrogen-bond donors (Lipinski definition) is 2. The zero-order chi connectivity index (χ0) is 22.2. The lowest BCUT2D eigenvalue weighted by molar-refractivity contribution is 0.102. The largest absolute Gasteiger partial charge is 0.506 e. The number of rotatable bonds is 5. The molecule has 0 radical (unpaired) electrons. The first kappa shape index (κ1) is 20.5. The highest BCUT2D eigenvalue weighted by Gasteiger charge is 2.18. The van der Waals surface area contributed by atoms with Crippen molar-refractivity contribution < 1.29 is 18.3 Å². The monoisotopic (exact) mass is 436 g/mol. The van der Waals surface area contributed by atoms with Crippen LogP contribution in [0, 0.1) is 0 Å². The second-order valence-corrected chi connectivity index (χ2v) is 9.29. The van der Waals surface area contributed by atoms with Crippen LogP contribution in [0.1, 0.15) is 17.3 Å². The Balaban J connectivity index is 1.79. The lowest BCUT2D eigenvalue weighted by Crippen LogP contribution is -2.14. The van der Waals surface area contributed by atoms with Crippen LogP contribution in [0.25, 0.3) is 22.2 Å². The zero-order valence-corrected chi connectivity index (χ0v) is 17.7. The number of pyridine rings is 1. The first-order chi connectivity index (χ1) is 14.8. The van der Waals surface area contributed by atoms with E-state index >= 15 is 0 Å². The first-order valence-electron chi connectivity index (χ1n) is 9.54. The highest BCUT2D eigenvalue weighted by Crippen LogP contribution is 2.29. The number of aryl methyl sites for hydroxylation is 1. The van der Waals surface area contributed by atoms with Gasteiger partial charge < -0.3 is 10.4 Å². The summed E-state index contributed by atoms with van der Waals surface area (Å²) < 4.78 is 26.0. The Morgan fingerprint density at radius 2 is 1.94 bits per heavy atom. The van der Waals surface area contributed by atoms with Crippen molar-refractivity contribution in [3.8, 4) is 17.0 Å². The number of anilines is 1. The van der Waals surface area contributed by atoms with Crippen LogP contribution in [0.3, 0.4) is 0 Å². The lowest BCUT2D eigenvalue weighted by Gasteiger charge is -2.12. The summed E-state index contributed by atoms with van der Waals surface area (Å²) in [6.07, 6.45) is 3.45. The van der Waals surface area contributed by atoms with Crippen LogP contribution in [-0.4, -0.2) is 39.9 Å². The number of hydrogen-bond acceptors (Lipinski definition) is 6. The van der Waals surface area contributed by atoms with E-state index in [1.54, 1.807) is 48.4 Å². The Morgan fingerprint density at radius 3 is 2.65 bits per heavy atom. The van der Waals surface area contributed by atoms with E-state index < -0.39 is 15.7 Å². The summed E-state index contributed by atoms with van der Waals surface area (Å²) in [6, 6.07) is 12.7. The molecule has 158 valence electrons. The number of sulfone groups is 1. The molecule has 0 saturated carbocycles. The Bertz CT molecular complexity index is 1410. The maximum Gasteiger partial charge on any atom is 0.256 e. The van der Waals surface area contributed by atoms with Gasteiger partial charge in [-0.15, -0.1) is 0 Å². The summed E-state index contributed by atoms with van der Waals surface area (Å²) in [7, 11) is -1.70. The fourth-order valence-electron chi connectivity index (χ4n) is 3.23. The third-order valence-corrected chi connectivity index (χ3v) is 6.65. The highest BCUT2D eigenvalue weighted by atomic mass is 32.2. The number of nitrogens with zero attached hydrogens (tertiary/aromatic N) is 3. The van der Waals surface area contributed by atoms with E-state index in [9.17, 15) is 18.3 Å². The van der Waals surface area contributed by atoms with E-state index in [1.807, 2.05) is 6.07 Å². The molecular weight excluding hydrogens is 416 g/mol. The Kier molecular flexibility index (Phi) is 5.20. The third-order valence-electron chi connectivity index (χ3n) is 4.92. The maximum atomic E-state index is 13.2. The molecular formula is C22H20N4O4S. The van der Waals surface area contributed by atoms with Crippen LogP contribution in [0.15, 0.2) is 65.8 Å². The Hall–Kier alpha value is -3.72. The molecule has 1 amide bonds. The van der Waals surface area contributed by atoms with E-state index in [1.165, 1.54) is 25.1 Å². The molecule has 2 aromatic carbocycles. The molecule has 0 fully saturated rings. The summed E-state index contributed by atoms with van der Waals surface area (Å²) in [6.45, 7) is 1.53. The van der Waals surface area contributed by atoms with Gasteiger partial charge in [0.2, 0.25) is 0 Å². The number of aromatic nitrogens is 3. The van der Waals surface area contributed by atoms with Crippen molar-refractivity contribution in [3.63, 3.8) is 0 Å². The molecule has 4 rings (SSSR count). The van der Waals surface area contributed by atoms with Gasteiger partial charge >= 0.3 is 0 Å². The lowest BCUT2D eigenvalue weighted by atomic mass is 10.0. The van der Waals surface area contributed by atoms with Crippen LogP contribution in [-0.2, 0) is 16.9 Å². The predicted molar refractivity (Wildman–Crippen MR) is 118 cm³/mol. The number of carbonyl (C=O) groups is 1. The summed E-state index contributed by atoms with van der Waals surface area (Å²) in [5.41, 5.74) is 2.31. The predicted octanol–water partition coefficient (Wildman–Crippen LogP) is 3.39. The van der Waals surface area contributed by atoms with E-state index in [4.69, 9.17) is 0 Å². The van der Waals surface area contributed by atoms with Gasteiger partial charge in [0.25, 0.3) is 5.91 Å². The smallest absolute Gasteiger partial charge is 0.256 e. The van der Waals surface area contributed by atoms with Gasteiger partial charge in [-0.05, 0) is 30.3 Å². The number of fused-ring (bicyclic) bond motifs is 1. The minimum Gasteiger partial charge on any atom is -0.506 e. The molecule has 0 bridgehead atoms. The van der Waals surface area contributed by atoms with Crippen LogP contribution in [0.5, 0.6) is 5.75 Å². The van der Waals surface area contributed by atoms with Gasteiger partial charge in [-0.2, -0.15) is 5.10 Å². The molecule has 0 unspecified atom stereocenters. The van der Waals surface area contributed by atoms with Gasteiger partial charge in [-0.3, -0.25) is 9.48 Å². The number of phenols is 1. The summed E-state index contributed by atoms with van der Waals surface area (Å²) >= 11 is 0. The number of amides is 1. The van der Waals surface area contributed by atoms with Gasteiger partial charge in [-0.1, -0.05) is 25.1 Å². The van der Waals surface area contributed by atoms with Gasteiger partial charge in [0.05, 0.1) is 39.3 Å². The summed E-state index contributed by atoms with van der Waals surface area (Å²) in [5.74, 6) is -0.812. The second kappa shape index (κ2) is 7.84. The molecule has 0 aliphatic carbocycles. The zero-order valence-electron chi connectivity index (χ0n) is 16.9. The molecule has 9 heteroatoms. The molecule has 31 heavy (non-hydrogen) atoms. The van der Waals surface area contributed by atoms with Crippen molar-refractivity contribution in [1.82, 2.24) is 14.8 Å².